The minimum atomic E-state index is 1.10. The number of anilines is 3. The van der Waals surface area contributed by atoms with E-state index in [1.165, 1.54) is 76.0 Å². The van der Waals surface area contributed by atoms with Crippen LogP contribution in [0.1, 0.15) is 0 Å². The quantitative estimate of drug-likeness (QED) is 0.164. The van der Waals surface area contributed by atoms with Crippen molar-refractivity contribution in [2.24, 2.45) is 0 Å². The number of hydrogen-bond donors (Lipinski definition) is 0. The van der Waals surface area contributed by atoms with Gasteiger partial charge >= 0.3 is 0 Å². The Morgan fingerprint density at radius 1 is 0.296 bits per heavy atom. The summed E-state index contributed by atoms with van der Waals surface area (Å²) in [5, 5.41) is 12.6. The highest BCUT2D eigenvalue weighted by molar-refractivity contribution is 6.13. The molecule has 0 amide bonds. The summed E-state index contributed by atoms with van der Waals surface area (Å²) in [7, 11) is 0. The van der Waals surface area contributed by atoms with E-state index in [-0.39, 0.29) is 0 Å². The van der Waals surface area contributed by atoms with E-state index in [1.807, 2.05) is 0 Å². The van der Waals surface area contributed by atoms with E-state index >= 15 is 0 Å². The molecule has 10 aromatic carbocycles. The number of benzene rings is 10. The van der Waals surface area contributed by atoms with Crippen LogP contribution < -0.4 is 4.90 Å². The lowest BCUT2D eigenvalue weighted by molar-refractivity contribution is 1.18. The van der Waals surface area contributed by atoms with Crippen LogP contribution in [0.15, 0.2) is 206 Å². The Labute approximate surface area is 313 Å². The van der Waals surface area contributed by atoms with Crippen LogP contribution in [0, 0.1) is 0 Å². The highest BCUT2D eigenvalue weighted by Gasteiger charge is 2.18. The van der Waals surface area contributed by atoms with Crippen molar-refractivity contribution in [3.8, 4) is 16.8 Å². The number of rotatable bonds is 5. The van der Waals surface area contributed by atoms with Crippen molar-refractivity contribution >= 4 is 82.0 Å². The van der Waals surface area contributed by atoms with Crippen LogP contribution in [0.3, 0.4) is 0 Å². The van der Waals surface area contributed by atoms with Gasteiger partial charge in [-0.1, -0.05) is 152 Å². The van der Waals surface area contributed by atoms with Crippen LogP contribution in [0.25, 0.3) is 81.7 Å². The number of fused-ring (bicyclic) bond motifs is 9. The smallest absolute Gasteiger partial charge is 0.0561 e. The van der Waals surface area contributed by atoms with Gasteiger partial charge in [-0.15, -0.1) is 0 Å². The summed E-state index contributed by atoms with van der Waals surface area (Å²) in [6.45, 7) is 0. The SMILES string of the molecule is c1ccc(-n2c3ccccc3c3ccc(N(c4ccc(-c5cccc6c5ccc5ccccc56)cc4)c4ccc5c(ccc6ccccc65)c4)cc32)cc1. The first-order chi connectivity index (χ1) is 26.8. The zero-order chi connectivity index (χ0) is 35.6. The largest absolute Gasteiger partial charge is 0.310 e. The van der Waals surface area contributed by atoms with Crippen molar-refractivity contribution in [2.45, 2.75) is 0 Å². The van der Waals surface area contributed by atoms with Crippen LogP contribution in [0.5, 0.6) is 0 Å². The molecular weight excluding hydrogens is 653 g/mol. The van der Waals surface area contributed by atoms with Crippen LogP contribution in [-0.2, 0) is 0 Å². The van der Waals surface area contributed by atoms with E-state index < -0.39 is 0 Å². The maximum atomic E-state index is 2.40. The molecule has 11 rings (SSSR count). The lowest BCUT2D eigenvalue weighted by Crippen LogP contribution is -2.10. The van der Waals surface area contributed by atoms with Crippen LogP contribution in [0.4, 0.5) is 17.1 Å². The summed E-state index contributed by atoms with van der Waals surface area (Å²) in [4.78, 5) is 2.40. The standard InChI is InChI=1S/C52H34N2/c1-2-13-39(14-3-1)54-51-20-9-8-17-49(51)50-32-29-42(34-52(50)54)53(41-28-31-46-38(33-41)22-21-35-11-4-6-15-43(35)46)40-26-23-37(24-27-40)45-18-10-19-47-44-16-7-5-12-36(44)25-30-48(45)47/h1-34H. The normalized spacial score (nSPS) is 11.7. The van der Waals surface area contributed by atoms with Gasteiger partial charge in [0.1, 0.15) is 0 Å². The van der Waals surface area contributed by atoms with Gasteiger partial charge in [0.15, 0.2) is 0 Å². The molecule has 0 N–H and O–H groups in total. The molecule has 0 spiro atoms. The van der Waals surface area contributed by atoms with E-state index in [9.17, 15) is 0 Å². The highest BCUT2D eigenvalue weighted by Crippen LogP contribution is 2.42. The van der Waals surface area contributed by atoms with Gasteiger partial charge in [0.05, 0.1) is 11.0 Å². The molecule has 0 unspecified atom stereocenters. The summed E-state index contributed by atoms with van der Waals surface area (Å²) >= 11 is 0. The molecule has 0 aliphatic heterocycles. The number of hydrogen-bond acceptors (Lipinski definition) is 1. The molecule has 1 aromatic heterocycles. The van der Waals surface area contributed by atoms with E-state index in [0.29, 0.717) is 0 Å². The Morgan fingerprint density at radius 2 is 0.833 bits per heavy atom. The zero-order valence-electron chi connectivity index (χ0n) is 29.5. The van der Waals surface area contributed by atoms with Crippen LogP contribution in [-0.4, -0.2) is 4.57 Å². The Kier molecular flexibility index (Phi) is 6.90. The fourth-order valence-electron chi connectivity index (χ4n) is 8.62. The first-order valence-electron chi connectivity index (χ1n) is 18.6. The van der Waals surface area contributed by atoms with Crippen LogP contribution in [0.2, 0.25) is 0 Å². The third-order valence-corrected chi connectivity index (χ3v) is 11.1. The van der Waals surface area contributed by atoms with Gasteiger partial charge in [-0.25, -0.2) is 0 Å². The Bertz CT molecular complexity index is 3210. The molecule has 0 aliphatic carbocycles. The van der Waals surface area contributed by atoms with Crippen molar-refractivity contribution in [3.63, 3.8) is 0 Å². The third kappa shape index (κ3) is 4.81. The van der Waals surface area contributed by atoms with E-state index in [1.54, 1.807) is 0 Å². The average Bonchev–Trinajstić information content (AvgIpc) is 3.57. The van der Waals surface area contributed by atoms with Gasteiger partial charge in [0.2, 0.25) is 0 Å². The molecule has 2 heteroatoms. The molecular formula is C52H34N2. The Balaban J connectivity index is 1.11. The molecule has 11 aromatic rings. The minimum absolute atomic E-state index is 1.10. The molecule has 0 radical (unpaired) electrons. The predicted molar refractivity (Wildman–Crippen MR) is 231 cm³/mol. The average molecular weight is 687 g/mol. The Hall–Kier alpha value is -7.16. The summed E-state index contributed by atoms with van der Waals surface area (Å²) in [5.41, 5.74) is 9.29. The lowest BCUT2D eigenvalue weighted by atomic mass is 9.94. The highest BCUT2D eigenvalue weighted by atomic mass is 15.1. The first-order valence-corrected chi connectivity index (χ1v) is 18.6. The second kappa shape index (κ2) is 12.2. The van der Waals surface area contributed by atoms with Crippen molar-refractivity contribution in [3.05, 3.63) is 206 Å². The van der Waals surface area contributed by atoms with Crippen molar-refractivity contribution in [2.75, 3.05) is 4.90 Å². The van der Waals surface area contributed by atoms with Gasteiger partial charge in [-0.05, 0) is 109 Å². The first kappa shape index (κ1) is 30.5. The number of para-hydroxylation sites is 2. The third-order valence-electron chi connectivity index (χ3n) is 11.1. The fraction of sp³-hybridized carbons (Fsp3) is 0. The second-order valence-electron chi connectivity index (χ2n) is 14.2. The molecule has 54 heavy (non-hydrogen) atoms. The molecule has 0 atom stereocenters. The van der Waals surface area contributed by atoms with E-state index in [2.05, 4.69) is 216 Å². The van der Waals surface area contributed by atoms with Gasteiger partial charge in [0.25, 0.3) is 0 Å². The number of nitrogens with zero attached hydrogens (tertiary/aromatic N) is 2. The van der Waals surface area contributed by atoms with Gasteiger partial charge < -0.3 is 9.47 Å². The summed E-state index contributed by atoms with van der Waals surface area (Å²) in [5.74, 6) is 0. The summed E-state index contributed by atoms with van der Waals surface area (Å²) in [6, 6.07) is 75.3. The fourth-order valence-corrected chi connectivity index (χ4v) is 8.62. The molecule has 0 aliphatic rings. The van der Waals surface area contributed by atoms with Crippen molar-refractivity contribution in [1.82, 2.24) is 4.57 Å². The van der Waals surface area contributed by atoms with Crippen LogP contribution >= 0.6 is 0 Å². The van der Waals surface area contributed by atoms with Gasteiger partial charge in [-0.3, -0.25) is 0 Å². The number of aromatic nitrogens is 1. The zero-order valence-corrected chi connectivity index (χ0v) is 29.5. The molecule has 252 valence electrons. The van der Waals surface area contributed by atoms with Crippen molar-refractivity contribution < 1.29 is 0 Å². The molecule has 1 heterocycles. The van der Waals surface area contributed by atoms with Gasteiger partial charge in [-0.2, -0.15) is 0 Å². The summed E-state index contributed by atoms with van der Waals surface area (Å²) in [6.07, 6.45) is 0. The maximum absolute atomic E-state index is 2.40. The minimum Gasteiger partial charge on any atom is -0.310 e. The van der Waals surface area contributed by atoms with E-state index in [4.69, 9.17) is 0 Å². The predicted octanol–water partition coefficient (Wildman–Crippen LogP) is 14.5. The molecule has 0 saturated heterocycles. The van der Waals surface area contributed by atoms with Crippen molar-refractivity contribution in [1.29, 1.82) is 0 Å². The molecule has 0 bridgehead atoms. The van der Waals surface area contributed by atoms with E-state index in [0.717, 1.165) is 22.7 Å². The lowest BCUT2D eigenvalue weighted by Gasteiger charge is -2.26. The Morgan fingerprint density at radius 3 is 1.63 bits per heavy atom. The maximum Gasteiger partial charge on any atom is 0.0561 e. The monoisotopic (exact) mass is 686 g/mol. The van der Waals surface area contributed by atoms with Gasteiger partial charge in [0, 0.05) is 33.5 Å². The summed E-state index contributed by atoms with van der Waals surface area (Å²) < 4.78 is 2.40. The molecule has 0 saturated carbocycles. The molecule has 2 nitrogen and oxygen atoms in total. The second-order valence-corrected chi connectivity index (χ2v) is 14.2. The topological polar surface area (TPSA) is 8.17 Å². The molecule has 0 fully saturated rings.